The lowest BCUT2D eigenvalue weighted by molar-refractivity contribution is -0.124. The van der Waals surface area contributed by atoms with Gasteiger partial charge in [-0.3, -0.25) is 4.79 Å². The van der Waals surface area contributed by atoms with Crippen molar-refractivity contribution in [1.82, 2.24) is 0 Å². The molecule has 0 unspecified atom stereocenters. The Morgan fingerprint density at radius 1 is 1.22 bits per heavy atom. The molecule has 0 aliphatic heterocycles. The van der Waals surface area contributed by atoms with E-state index in [1.165, 1.54) is 37.8 Å². The normalized spacial score (nSPS) is 17.1. The lowest BCUT2D eigenvalue weighted by Gasteiger charge is -2.25. The molecule has 0 amide bonds. The van der Waals surface area contributed by atoms with Crippen molar-refractivity contribution >= 4 is 5.78 Å². The maximum atomic E-state index is 12.9. The SMILES string of the molecule is CC(C)(C(=O)CC1CCCC1)c1ccc(F)cc1. The van der Waals surface area contributed by atoms with E-state index in [2.05, 4.69) is 0 Å². The van der Waals surface area contributed by atoms with E-state index in [0.29, 0.717) is 12.3 Å². The third-order valence-corrected chi connectivity index (χ3v) is 4.21. The molecule has 0 spiro atoms. The number of carbonyl (C=O) groups is 1. The van der Waals surface area contributed by atoms with Gasteiger partial charge in [0, 0.05) is 11.8 Å². The summed E-state index contributed by atoms with van der Waals surface area (Å²) in [6.07, 6.45) is 5.56. The number of hydrogen-bond donors (Lipinski definition) is 0. The van der Waals surface area contributed by atoms with Crippen LogP contribution in [0.5, 0.6) is 0 Å². The van der Waals surface area contributed by atoms with Crippen molar-refractivity contribution in [2.45, 2.75) is 51.4 Å². The summed E-state index contributed by atoms with van der Waals surface area (Å²) >= 11 is 0. The average molecular weight is 248 g/mol. The van der Waals surface area contributed by atoms with Crippen LogP contribution in [-0.2, 0) is 10.2 Å². The Bertz CT molecular complexity index is 413. The summed E-state index contributed by atoms with van der Waals surface area (Å²) < 4.78 is 12.9. The molecular formula is C16H21FO. The summed E-state index contributed by atoms with van der Waals surface area (Å²) in [7, 11) is 0. The van der Waals surface area contributed by atoms with Gasteiger partial charge in [0.15, 0.2) is 0 Å². The molecule has 1 aromatic rings. The summed E-state index contributed by atoms with van der Waals surface area (Å²) in [4.78, 5) is 12.4. The van der Waals surface area contributed by atoms with E-state index in [0.717, 1.165) is 5.56 Å². The monoisotopic (exact) mass is 248 g/mol. The lowest BCUT2D eigenvalue weighted by atomic mass is 9.77. The molecule has 98 valence electrons. The first-order valence-electron chi connectivity index (χ1n) is 6.79. The Kier molecular flexibility index (Phi) is 3.84. The molecule has 0 N–H and O–H groups in total. The van der Waals surface area contributed by atoms with E-state index in [4.69, 9.17) is 0 Å². The van der Waals surface area contributed by atoms with Crippen molar-refractivity contribution < 1.29 is 9.18 Å². The minimum Gasteiger partial charge on any atom is -0.299 e. The molecule has 0 radical (unpaired) electrons. The standard InChI is InChI=1S/C16H21FO/c1-16(2,13-7-9-14(17)10-8-13)15(18)11-12-5-3-4-6-12/h7-10,12H,3-6,11H2,1-2H3. The van der Waals surface area contributed by atoms with Gasteiger partial charge >= 0.3 is 0 Å². The zero-order valence-corrected chi connectivity index (χ0v) is 11.2. The maximum absolute atomic E-state index is 12.9. The molecule has 1 fully saturated rings. The highest BCUT2D eigenvalue weighted by Gasteiger charge is 2.31. The van der Waals surface area contributed by atoms with Gasteiger partial charge in [-0.2, -0.15) is 0 Å². The highest BCUT2D eigenvalue weighted by atomic mass is 19.1. The Morgan fingerprint density at radius 3 is 2.33 bits per heavy atom. The fraction of sp³-hybridized carbons (Fsp3) is 0.562. The van der Waals surface area contributed by atoms with Crippen LogP contribution in [-0.4, -0.2) is 5.78 Å². The van der Waals surface area contributed by atoms with Gasteiger partial charge in [0.05, 0.1) is 0 Å². The summed E-state index contributed by atoms with van der Waals surface area (Å²) in [5, 5.41) is 0. The maximum Gasteiger partial charge on any atom is 0.143 e. The highest BCUT2D eigenvalue weighted by Crippen LogP contribution is 2.33. The zero-order chi connectivity index (χ0) is 13.2. The van der Waals surface area contributed by atoms with Crippen LogP contribution in [0.2, 0.25) is 0 Å². The lowest BCUT2D eigenvalue weighted by Crippen LogP contribution is -2.30. The Balaban J connectivity index is 2.08. The predicted molar refractivity (Wildman–Crippen MR) is 71.0 cm³/mol. The number of halogens is 1. The van der Waals surface area contributed by atoms with Crippen molar-refractivity contribution in [2.75, 3.05) is 0 Å². The molecule has 0 bridgehead atoms. The van der Waals surface area contributed by atoms with Gasteiger partial charge in [-0.1, -0.05) is 37.8 Å². The number of Topliss-reactive ketones (excluding diaryl/α,β-unsaturated/α-hetero) is 1. The third-order valence-electron chi connectivity index (χ3n) is 4.21. The van der Waals surface area contributed by atoms with Crippen LogP contribution in [0.15, 0.2) is 24.3 Å². The van der Waals surface area contributed by atoms with Gasteiger partial charge in [0.25, 0.3) is 0 Å². The van der Waals surface area contributed by atoms with Crippen LogP contribution in [0.1, 0.15) is 51.5 Å². The van der Waals surface area contributed by atoms with E-state index in [9.17, 15) is 9.18 Å². The van der Waals surface area contributed by atoms with Crippen LogP contribution in [0.4, 0.5) is 4.39 Å². The zero-order valence-electron chi connectivity index (χ0n) is 11.2. The van der Waals surface area contributed by atoms with Crippen LogP contribution in [0, 0.1) is 11.7 Å². The molecular weight excluding hydrogens is 227 g/mol. The topological polar surface area (TPSA) is 17.1 Å². The summed E-state index contributed by atoms with van der Waals surface area (Å²) in [5.74, 6) is 0.594. The fourth-order valence-electron chi connectivity index (χ4n) is 2.76. The third kappa shape index (κ3) is 2.80. The number of benzene rings is 1. The molecule has 2 rings (SSSR count). The molecule has 0 atom stereocenters. The van der Waals surface area contributed by atoms with Crippen molar-refractivity contribution in [2.24, 2.45) is 5.92 Å². The number of rotatable bonds is 4. The smallest absolute Gasteiger partial charge is 0.143 e. The first-order chi connectivity index (χ1) is 8.50. The van der Waals surface area contributed by atoms with Crippen molar-refractivity contribution in [3.05, 3.63) is 35.6 Å². The Hall–Kier alpha value is -1.18. The predicted octanol–water partition coefficient (Wildman–Crippen LogP) is 4.25. The van der Waals surface area contributed by atoms with Crippen LogP contribution in [0.25, 0.3) is 0 Å². The molecule has 0 saturated heterocycles. The van der Waals surface area contributed by atoms with Crippen LogP contribution < -0.4 is 0 Å². The van der Waals surface area contributed by atoms with Gasteiger partial charge in [0.2, 0.25) is 0 Å². The van der Waals surface area contributed by atoms with Gasteiger partial charge in [-0.15, -0.1) is 0 Å². The number of hydrogen-bond acceptors (Lipinski definition) is 1. The molecule has 18 heavy (non-hydrogen) atoms. The first kappa shape index (κ1) is 13.3. The van der Waals surface area contributed by atoms with Gasteiger partial charge in [-0.25, -0.2) is 4.39 Å². The van der Waals surface area contributed by atoms with Gasteiger partial charge in [-0.05, 0) is 37.5 Å². The summed E-state index contributed by atoms with van der Waals surface area (Å²) in [6, 6.07) is 6.31. The highest BCUT2D eigenvalue weighted by molar-refractivity contribution is 5.89. The second kappa shape index (κ2) is 5.21. The summed E-state index contributed by atoms with van der Waals surface area (Å²) in [5.41, 5.74) is 0.405. The van der Waals surface area contributed by atoms with Crippen molar-refractivity contribution in [3.8, 4) is 0 Å². The van der Waals surface area contributed by atoms with Gasteiger partial charge < -0.3 is 0 Å². The molecule has 1 aliphatic carbocycles. The van der Waals surface area contributed by atoms with Crippen LogP contribution >= 0.6 is 0 Å². The largest absolute Gasteiger partial charge is 0.299 e. The number of carbonyl (C=O) groups excluding carboxylic acids is 1. The van der Waals surface area contributed by atoms with E-state index in [1.807, 2.05) is 13.8 Å². The quantitative estimate of drug-likeness (QED) is 0.778. The number of ketones is 1. The van der Waals surface area contributed by atoms with E-state index in [-0.39, 0.29) is 11.6 Å². The molecule has 0 aromatic heterocycles. The van der Waals surface area contributed by atoms with Gasteiger partial charge in [0.1, 0.15) is 11.6 Å². The minimum atomic E-state index is -0.504. The van der Waals surface area contributed by atoms with E-state index in [1.54, 1.807) is 12.1 Å². The Labute approximate surface area is 108 Å². The fourth-order valence-corrected chi connectivity index (χ4v) is 2.76. The van der Waals surface area contributed by atoms with Crippen molar-refractivity contribution in [3.63, 3.8) is 0 Å². The molecule has 0 heterocycles. The molecule has 1 aliphatic rings. The minimum absolute atomic E-state index is 0.252. The molecule has 1 saturated carbocycles. The second-order valence-electron chi connectivity index (χ2n) is 5.91. The van der Waals surface area contributed by atoms with Crippen molar-refractivity contribution in [1.29, 1.82) is 0 Å². The van der Waals surface area contributed by atoms with E-state index < -0.39 is 5.41 Å². The first-order valence-corrected chi connectivity index (χ1v) is 6.79. The molecule has 1 aromatic carbocycles. The van der Waals surface area contributed by atoms with Crippen LogP contribution in [0.3, 0.4) is 0 Å². The average Bonchev–Trinajstić information content (AvgIpc) is 2.82. The Morgan fingerprint density at radius 2 is 1.78 bits per heavy atom. The van der Waals surface area contributed by atoms with E-state index >= 15 is 0 Å². The molecule has 2 heteroatoms. The molecule has 1 nitrogen and oxygen atoms in total. The second-order valence-corrected chi connectivity index (χ2v) is 5.91. The summed E-state index contributed by atoms with van der Waals surface area (Å²) in [6.45, 7) is 3.88.